The van der Waals surface area contributed by atoms with E-state index in [1.54, 1.807) is 12.4 Å². The molecular weight excluding hydrogens is 302 g/mol. The number of ether oxygens (including phenoxy) is 2. The van der Waals surface area contributed by atoms with Gasteiger partial charge in [0, 0.05) is 38.0 Å². The zero-order valence-corrected chi connectivity index (χ0v) is 14.2. The summed E-state index contributed by atoms with van der Waals surface area (Å²) >= 11 is 0. The molecule has 1 aliphatic rings. The number of hydrogen-bond acceptors (Lipinski definition) is 5. The summed E-state index contributed by atoms with van der Waals surface area (Å²) in [6, 6.07) is 10.3. The van der Waals surface area contributed by atoms with Gasteiger partial charge in [0.2, 0.25) is 0 Å². The lowest BCUT2D eigenvalue weighted by molar-refractivity contribution is -0.0749. The average molecular weight is 325 g/mol. The number of nitrogens with one attached hydrogen (secondary N) is 1. The summed E-state index contributed by atoms with van der Waals surface area (Å²) in [7, 11) is 0. The Labute approximate surface area is 142 Å². The van der Waals surface area contributed by atoms with Crippen molar-refractivity contribution >= 4 is 6.08 Å². The Balaban J connectivity index is 1.91. The summed E-state index contributed by atoms with van der Waals surface area (Å²) in [5.41, 5.74) is 2.23. The first kappa shape index (κ1) is 16.6. The van der Waals surface area contributed by atoms with Crippen LogP contribution in [0.3, 0.4) is 0 Å². The third-order valence-corrected chi connectivity index (χ3v) is 4.00. The van der Waals surface area contributed by atoms with E-state index in [-0.39, 0.29) is 0 Å². The van der Waals surface area contributed by atoms with Gasteiger partial charge in [-0.1, -0.05) is 30.3 Å². The van der Waals surface area contributed by atoms with Crippen LogP contribution in [0.25, 0.3) is 6.08 Å². The molecule has 0 fully saturated rings. The van der Waals surface area contributed by atoms with Gasteiger partial charge < -0.3 is 9.47 Å². The van der Waals surface area contributed by atoms with Crippen LogP contribution in [-0.4, -0.2) is 28.9 Å². The Hall–Kier alpha value is -2.24. The maximum absolute atomic E-state index is 6.14. The van der Waals surface area contributed by atoms with Crippen LogP contribution in [0.15, 0.2) is 48.5 Å². The van der Waals surface area contributed by atoms with E-state index in [2.05, 4.69) is 27.4 Å². The maximum atomic E-state index is 6.14. The van der Waals surface area contributed by atoms with Crippen LogP contribution in [0.1, 0.15) is 30.8 Å². The SMILES string of the molecule is CCOC1=Cc2nccnc2CC1(NCc1ccccc1)OCC. The maximum Gasteiger partial charge on any atom is 0.183 e. The number of benzene rings is 1. The monoisotopic (exact) mass is 325 g/mol. The molecule has 0 amide bonds. The van der Waals surface area contributed by atoms with Gasteiger partial charge in [-0.25, -0.2) is 0 Å². The molecule has 0 spiro atoms. The number of nitrogens with zero attached hydrogens (tertiary/aromatic N) is 2. The third kappa shape index (κ3) is 3.47. The predicted molar refractivity (Wildman–Crippen MR) is 93.0 cm³/mol. The van der Waals surface area contributed by atoms with Crippen molar-refractivity contribution in [2.24, 2.45) is 0 Å². The summed E-state index contributed by atoms with van der Waals surface area (Å²) in [5, 5.41) is 3.54. The molecule has 126 valence electrons. The van der Waals surface area contributed by atoms with E-state index in [0.717, 1.165) is 17.1 Å². The summed E-state index contributed by atoms with van der Waals surface area (Å²) < 4.78 is 12.0. The molecule has 1 heterocycles. The minimum absolute atomic E-state index is 0.571. The average Bonchev–Trinajstić information content (AvgIpc) is 2.62. The largest absolute Gasteiger partial charge is 0.494 e. The molecular formula is C19H23N3O2. The van der Waals surface area contributed by atoms with Gasteiger partial charge in [0.1, 0.15) is 5.76 Å². The van der Waals surface area contributed by atoms with Crippen molar-refractivity contribution < 1.29 is 9.47 Å². The minimum atomic E-state index is -0.719. The van der Waals surface area contributed by atoms with Gasteiger partial charge in [-0.2, -0.15) is 0 Å². The first-order chi connectivity index (χ1) is 11.8. The van der Waals surface area contributed by atoms with Crippen LogP contribution >= 0.6 is 0 Å². The van der Waals surface area contributed by atoms with E-state index in [1.165, 1.54) is 5.56 Å². The topological polar surface area (TPSA) is 56.3 Å². The highest BCUT2D eigenvalue weighted by Gasteiger charge is 2.41. The van der Waals surface area contributed by atoms with Crippen molar-refractivity contribution in [3.8, 4) is 0 Å². The molecule has 0 saturated heterocycles. The van der Waals surface area contributed by atoms with E-state index in [9.17, 15) is 0 Å². The van der Waals surface area contributed by atoms with Crippen LogP contribution in [0.2, 0.25) is 0 Å². The first-order valence-electron chi connectivity index (χ1n) is 8.35. The van der Waals surface area contributed by atoms with Crippen molar-refractivity contribution in [2.45, 2.75) is 32.5 Å². The van der Waals surface area contributed by atoms with Crippen LogP contribution in [-0.2, 0) is 22.4 Å². The zero-order valence-electron chi connectivity index (χ0n) is 14.2. The molecule has 24 heavy (non-hydrogen) atoms. The van der Waals surface area contributed by atoms with Crippen LogP contribution < -0.4 is 5.32 Å². The minimum Gasteiger partial charge on any atom is -0.494 e. The van der Waals surface area contributed by atoms with Crippen molar-refractivity contribution in [1.29, 1.82) is 0 Å². The molecule has 5 nitrogen and oxygen atoms in total. The van der Waals surface area contributed by atoms with Crippen LogP contribution in [0.4, 0.5) is 0 Å². The number of rotatable bonds is 7. The lowest BCUT2D eigenvalue weighted by atomic mass is 9.95. The molecule has 3 rings (SSSR count). The second-order valence-corrected chi connectivity index (χ2v) is 5.61. The highest BCUT2D eigenvalue weighted by molar-refractivity contribution is 5.55. The van der Waals surface area contributed by atoms with Crippen molar-refractivity contribution in [3.05, 3.63) is 65.4 Å². The lowest BCUT2D eigenvalue weighted by Gasteiger charge is -2.38. The van der Waals surface area contributed by atoms with Gasteiger partial charge in [0.15, 0.2) is 5.72 Å². The van der Waals surface area contributed by atoms with Crippen LogP contribution in [0, 0.1) is 0 Å². The van der Waals surface area contributed by atoms with Gasteiger partial charge in [-0.3, -0.25) is 15.3 Å². The number of fused-ring (bicyclic) bond motifs is 1. The Morgan fingerprint density at radius 3 is 2.62 bits per heavy atom. The Morgan fingerprint density at radius 1 is 1.08 bits per heavy atom. The van der Waals surface area contributed by atoms with Crippen molar-refractivity contribution in [1.82, 2.24) is 15.3 Å². The van der Waals surface area contributed by atoms with E-state index < -0.39 is 5.72 Å². The molecule has 2 aromatic rings. The molecule has 1 aromatic heterocycles. The Bertz CT molecular complexity index is 703. The summed E-state index contributed by atoms with van der Waals surface area (Å²) in [5.74, 6) is 0.760. The van der Waals surface area contributed by atoms with Crippen molar-refractivity contribution in [2.75, 3.05) is 13.2 Å². The van der Waals surface area contributed by atoms with Crippen molar-refractivity contribution in [3.63, 3.8) is 0 Å². The Kier molecular flexibility index (Phi) is 5.23. The molecule has 0 bridgehead atoms. The fraction of sp³-hybridized carbons (Fsp3) is 0.368. The van der Waals surface area contributed by atoms with E-state index in [1.807, 2.05) is 38.1 Å². The highest BCUT2D eigenvalue weighted by Crippen LogP contribution is 2.32. The smallest absolute Gasteiger partial charge is 0.183 e. The number of aromatic nitrogens is 2. The van der Waals surface area contributed by atoms with Gasteiger partial charge in [0.05, 0.1) is 18.0 Å². The molecule has 1 atom stereocenters. The summed E-state index contributed by atoms with van der Waals surface area (Å²) in [4.78, 5) is 8.86. The Morgan fingerprint density at radius 2 is 1.88 bits per heavy atom. The third-order valence-electron chi connectivity index (χ3n) is 4.00. The standard InChI is InChI=1S/C19H23N3O2/c1-3-23-18-12-16-17(21-11-10-20-16)13-19(18,24-4-2)22-14-15-8-6-5-7-9-15/h5-12,22H,3-4,13-14H2,1-2H3. The van der Waals surface area contributed by atoms with E-state index in [4.69, 9.17) is 9.47 Å². The van der Waals surface area contributed by atoms with Crippen LogP contribution in [0.5, 0.6) is 0 Å². The molecule has 1 aliphatic carbocycles. The summed E-state index contributed by atoms with van der Waals surface area (Å²) in [6.45, 7) is 5.79. The molecule has 0 radical (unpaired) electrons. The second kappa shape index (κ2) is 7.55. The normalized spacial score (nSPS) is 19.5. The van der Waals surface area contributed by atoms with Gasteiger partial charge in [0.25, 0.3) is 0 Å². The predicted octanol–water partition coefficient (Wildman–Crippen LogP) is 2.93. The van der Waals surface area contributed by atoms with Gasteiger partial charge in [-0.05, 0) is 19.4 Å². The van der Waals surface area contributed by atoms with E-state index >= 15 is 0 Å². The quantitative estimate of drug-likeness (QED) is 0.793. The molecule has 0 aliphatic heterocycles. The van der Waals surface area contributed by atoms with E-state index in [0.29, 0.717) is 26.2 Å². The number of hydrogen-bond donors (Lipinski definition) is 1. The second-order valence-electron chi connectivity index (χ2n) is 5.61. The van der Waals surface area contributed by atoms with Gasteiger partial charge >= 0.3 is 0 Å². The molecule has 5 heteroatoms. The fourth-order valence-corrected chi connectivity index (χ4v) is 2.92. The molecule has 1 aromatic carbocycles. The lowest BCUT2D eigenvalue weighted by Crippen LogP contribution is -2.53. The molecule has 1 unspecified atom stereocenters. The molecule has 0 saturated carbocycles. The molecule has 1 N–H and O–H groups in total. The first-order valence-corrected chi connectivity index (χ1v) is 8.35. The fourth-order valence-electron chi connectivity index (χ4n) is 2.92. The zero-order chi connectivity index (χ0) is 16.8. The van der Waals surface area contributed by atoms with Gasteiger partial charge in [-0.15, -0.1) is 0 Å². The summed E-state index contributed by atoms with van der Waals surface area (Å²) in [6.07, 6.45) is 5.93. The highest BCUT2D eigenvalue weighted by atomic mass is 16.6.